The van der Waals surface area contributed by atoms with Crippen LogP contribution in [0.5, 0.6) is 0 Å². The average Bonchev–Trinajstić information content (AvgIpc) is 2.88. The molecule has 0 amide bonds. The Kier molecular flexibility index (Phi) is 4.75. The van der Waals surface area contributed by atoms with Gasteiger partial charge in [0, 0.05) is 18.9 Å². The van der Waals surface area contributed by atoms with Gasteiger partial charge in [-0.25, -0.2) is 0 Å². The fourth-order valence-corrected chi connectivity index (χ4v) is 2.55. The highest BCUT2D eigenvalue weighted by Gasteiger charge is 2.25. The Morgan fingerprint density at radius 3 is 2.78 bits per heavy atom. The third-order valence-corrected chi connectivity index (χ3v) is 3.71. The van der Waals surface area contributed by atoms with Crippen LogP contribution in [0, 0.1) is 11.8 Å². The van der Waals surface area contributed by atoms with E-state index >= 15 is 0 Å². The van der Waals surface area contributed by atoms with Crippen LogP contribution in [-0.4, -0.2) is 33.9 Å². The minimum atomic E-state index is -0.625. The van der Waals surface area contributed by atoms with Gasteiger partial charge in [0.25, 0.3) is 0 Å². The van der Waals surface area contributed by atoms with Crippen LogP contribution in [0.3, 0.4) is 0 Å². The van der Waals surface area contributed by atoms with Crippen LogP contribution < -0.4 is 5.32 Å². The molecular weight excluding hydrogens is 230 g/mol. The van der Waals surface area contributed by atoms with Crippen molar-refractivity contribution >= 4 is 5.97 Å². The molecule has 0 spiro atoms. The van der Waals surface area contributed by atoms with Crippen LogP contribution in [0.15, 0.2) is 18.5 Å². The van der Waals surface area contributed by atoms with E-state index in [4.69, 9.17) is 5.11 Å². The summed E-state index contributed by atoms with van der Waals surface area (Å²) in [5.41, 5.74) is 0. The van der Waals surface area contributed by atoms with Crippen molar-refractivity contribution in [3.8, 4) is 0 Å². The molecule has 100 valence electrons. The van der Waals surface area contributed by atoms with Crippen LogP contribution in [0.2, 0.25) is 0 Å². The van der Waals surface area contributed by atoms with Crippen LogP contribution in [-0.2, 0) is 11.3 Å². The van der Waals surface area contributed by atoms with Gasteiger partial charge in [0.2, 0.25) is 0 Å². The summed E-state index contributed by atoms with van der Waals surface area (Å²) in [4.78, 5) is 10.8. The summed E-state index contributed by atoms with van der Waals surface area (Å²) in [6.45, 7) is 2.80. The highest BCUT2D eigenvalue weighted by atomic mass is 16.4. The highest BCUT2D eigenvalue weighted by Crippen LogP contribution is 2.28. The molecule has 1 heterocycles. The summed E-state index contributed by atoms with van der Waals surface area (Å²) in [7, 11) is 0. The van der Waals surface area contributed by atoms with E-state index in [2.05, 4.69) is 10.4 Å². The summed E-state index contributed by atoms with van der Waals surface area (Å²) in [5.74, 6) is -0.0939. The van der Waals surface area contributed by atoms with Gasteiger partial charge in [-0.3, -0.25) is 9.48 Å². The Labute approximate surface area is 107 Å². The van der Waals surface area contributed by atoms with Crippen molar-refractivity contribution in [2.45, 2.75) is 32.2 Å². The van der Waals surface area contributed by atoms with E-state index in [0.717, 1.165) is 45.3 Å². The smallest absolute Gasteiger partial charge is 0.306 e. The monoisotopic (exact) mass is 251 g/mol. The Morgan fingerprint density at radius 1 is 1.39 bits per heavy atom. The second-order valence-electron chi connectivity index (χ2n) is 5.03. The fourth-order valence-electron chi connectivity index (χ4n) is 2.55. The van der Waals surface area contributed by atoms with Gasteiger partial charge in [0.05, 0.1) is 12.5 Å². The third kappa shape index (κ3) is 3.84. The van der Waals surface area contributed by atoms with Gasteiger partial charge < -0.3 is 10.4 Å². The maximum atomic E-state index is 10.8. The first-order valence-electron chi connectivity index (χ1n) is 6.66. The lowest BCUT2D eigenvalue weighted by molar-refractivity contribution is -0.143. The summed E-state index contributed by atoms with van der Waals surface area (Å²) >= 11 is 0. The molecule has 18 heavy (non-hydrogen) atoms. The van der Waals surface area contributed by atoms with E-state index in [1.165, 1.54) is 0 Å². The van der Waals surface area contributed by atoms with E-state index in [1.807, 2.05) is 16.9 Å². The summed E-state index contributed by atoms with van der Waals surface area (Å²) < 4.78 is 1.91. The molecule has 0 radical (unpaired) electrons. The van der Waals surface area contributed by atoms with Crippen molar-refractivity contribution in [1.82, 2.24) is 15.1 Å². The number of hydrogen-bond donors (Lipinski definition) is 2. The number of carboxylic acid groups (broad SMARTS) is 1. The van der Waals surface area contributed by atoms with E-state index in [0.29, 0.717) is 5.92 Å². The van der Waals surface area contributed by atoms with Crippen LogP contribution in [0.25, 0.3) is 0 Å². The second-order valence-corrected chi connectivity index (χ2v) is 5.03. The molecule has 1 fully saturated rings. The Hall–Kier alpha value is -1.36. The molecular formula is C13H21N3O2. The zero-order chi connectivity index (χ0) is 12.8. The Balaban J connectivity index is 1.57. The third-order valence-electron chi connectivity index (χ3n) is 3.71. The minimum Gasteiger partial charge on any atom is -0.481 e. The van der Waals surface area contributed by atoms with Crippen molar-refractivity contribution < 1.29 is 9.90 Å². The van der Waals surface area contributed by atoms with Gasteiger partial charge in [-0.1, -0.05) is 0 Å². The molecule has 5 heteroatoms. The summed E-state index contributed by atoms with van der Waals surface area (Å²) in [6.07, 6.45) is 7.48. The maximum Gasteiger partial charge on any atom is 0.306 e. The lowest BCUT2D eigenvalue weighted by Crippen LogP contribution is -2.30. The van der Waals surface area contributed by atoms with Crippen molar-refractivity contribution in [2.75, 3.05) is 13.1 Å². The lowest BCUT2D eigenvalue weighted by atomic mass is 9.82. The molecule has 0 unspecified atom stereocenters. The molecule has 1 saturated carbocycles. The first-order valence-corrected chi connectivity index (χ1v) is 6.66. The molecule has 0 saturated heterocycles. The molecule has 0 atom stereocenters. The molecule has 1 aliphatic carbocycles. The number of nitrogens with zero attached hydrogens (tertiary/aromatic N) is 2. The lowest BCUT2D eigenvalue weighted by Gasteiger charge is -2.26. The van der Waals surface area contributed by atoms with Gasteiger partial charge in [-0.05, 0) is 44.2 Å². The van der Waals surface area contributed by atoms with E-state index in [9.17, 15) is 4.79 Å². The quantitative estimate of drug-likeness (QED) is 0.749. The first kappa shape index (κ1) is 13.1. The number of rotatable bonds is 6. The van der Waals surface area contributed by atoms with Crippen molar-refractivity contribution in [2.24, 2.45) is 11.8 Å². The molecule has 5 nitrogen and oxygen atoms in total. The van der Waals surface area contributed by atoms with Crippen LogP contribution in [0.1, 0.15) is 25.7 Å². The largest absolute Gasteiger partial charge is 0.481 e. The van der Waals surface area contributed by atoms with Gasteiger partial charge in [-0.15, -0.1) is 0 Å². The molecule has 1 aromatic rings. The number of hydrogen-bond acceptors (Lipinski definition) is 3. The zero-order valence-corrected chi connectivity index (χ0v) is 10.6. The maximum absolute atomic E-state index is 10.8. The number of nitrogens with one attached hydrogen (secondary N) is 1. The Bertz CT molecular complexity index is 356. The van der Waals surface area contributed by atoms with Crippen LogP contribution >= 0.6 is 0 Å². The normalized spacial score (nSPS) is 24.0. The second kappa shape index (κ2) is 6.54. The molecule has 1 aliphatic rings. The number of aliphatic carboxylic acids is 1. The fraction of sp³-hybridized carbons (Fsp3) is 0.692. The average molecular weight is 251 g/mol. The molecule has 2 N–H and O–H groups in total. The zero-order valence-electron chi connectivity index (χ0n) is 10.6. The van der Waals surface area contributed by atoms with Gasteiger partial charge in [0.1, 0.15) is 0 Å². The van der Waals surface area contributed by atoms with E-state index in [1.54, 1.807) is 6.20 Å². The minimum absolute atomic E-state index is 0.106. The van der Waals surface area contributed by atoms with E-state index in [-0.39, 0.29) is 5.92 Å². The predicted molar refractivity (Wildman–Crippen MR) is 68.2 cm³/mol. The number of carboxylic acids is 1. The molecule has 0 aromatic carbocycles. The van der Waals surface area contributed by atoms with Crippen molar-refractivity contribution in [3.05, 3.63) is 18.5 Å². The first-order chi connectivity index (χ1) is 8.75. The van der Waals surface area contributed by atoms with Crippen LogP contribution in [0.4, 0.5) is 0 Å². The van der Waals surface area contributed by atoms with Gasteiger partial charge in [-0.2, -0.15) is 5.10 Å². The predicted octanol–water partition coefficient (Wildman–Crippen LogP) is 1.36. The van der Waals surface area contributed by atoms with Gasteiger partial charge >= 0.3 is 5.97 Å². The van der Waals surface area contributed by atoms with Gasteiger partial charge in [0.15, 0.2) is 0 Å². The van der Waals surface area contributed by atoms with E-state index < -0.39 is 5.97 Å². The number of aromatic nitrogens is 2. The Morgan fingerprint density at radius 2 is 2.17 bits per heavy atom. The van der Waals surface area contributed by atoms with Crippen molar-refractivity contribution in [3.63, 3.8) is 0 Å². The highest BCUT2D eigenvalue weighted by molar-refractivity contribution is 5.69. The van der Waals surface area contributed by atoms with Crippen molar-refractivity contribution in [1.29, 1.82) is 0 Å². The molecule has 0 aliphatic heterocycles. The summed E-state index contributed by atoms with van der Waals surface area (Å²) in [5, 5.41) is 16.5. The number of carbonyl (C=O) groups is 1. The molecule has 1 aromatic heterocycles. The standard InChI is InChI=1S/C13H21N3O2/c17-13(18)12-4-2-11(3-5-12)10-14-7-9-16-8-1-6-15-16/h1,6,8,11-12,14H,2-5,7,9-10H2,(H,17,18). The topological polar surface area (TPSA) is 67.2 Å². The molecule has 0 bridgehead atoms. The molecule has 2 rings (SSSR count). The SMILES string of the molecule is O=C(O)C1CCC(CNCCn2cccn2)CC1. The summed E-state index contributed by atoms with van der Waals surface area (Å²) in [6, 6.07) is 1.92.